The molecule has 1 aliphatic heterocycles. The molecule has 0 radical (unpaired) electrons. The maximum absolute atomic E-state index is 11.7. The first-order valence-electron chi connectivity index (χ1n) is 6.97. The molecule has 1 heterocycles. The minimum atomic E-state index is -0.369. The minimum Gasteiger partial charge on any atom is -0.448 e. The highest BCUT2D eigenvalue weighted by Crippen LogP contribution is 2.13. The standard InChI is InChI=1S/C15H22N2O2/c1-13-7-3-4-8-14(13)16-15(18)19-12-11-17-9-5-2-6-10-17/h3-4,7-8H,2,5-6,9-12H2,1H3,(H,16,18). The van der Waals surface area contributed by atoms with Gasteiger partial charge in [0.1, 0.15) is 6.61 Å². The van der Waals surface area contributed by atoms with Gasteiger partial charge in [-0.2, -0.15) is 0 Å². The molecule has 1 aromatic rings. The zero-order valence-electron chi connectivity index (χ0n) is 11.5. The molecule has 104 valence electrons. The van der Waals surface area contributed by atoms with Crippen LogP contribution in [0.15, 0.2) is 24.3 Å². The number of aryl methyl sites for hydroxylation is 1. The van der Waals surface area contributed by atoms with E-state index in [0.29, 0.717) is 6.61 Å². The van der Waals surface area contributed by atoms with Crippen molar-refractivity contribution in [3.05, 3.63) is 29.8 Å². The SMILES string of the molecule is Cc1ccccc1NC(=O)OCCN1CCCCC1. The summed E-state index contributed by atoms with van der Waals surface area (Å²) >= 11 is 0. The van der Waals surface area contributed by atoms with Crippen LogP contribution in [0.3, 0.4) is 0 Å². The third-order valence-corrected chi connectivity index (χ3v) is 3.47. The molecule has 0 aliphatic carbocycles. The number of carbonyl (C=O) groups is 1. The van der Waals surface area contributed by atoms with Gasteiger partial charge in [-0.15, -0.1) is 0 Å². The molecule has 1 fully saturated rings. The lowest BCUT2D eigenvalue weighted by molar-refractivity contribution is 0.131. The highest BCUT2D eigenvalue weighted by molar-refractivity contribution is 5.85. The summed E-state index contributed by atoms with van der Waals surface area (Å²) in [6, 6.07) is 7.68. The van der Waals surface area contributed by atoms with Gasteiger partial charge in [-0.3, -0.25) is 10.2 Å². The Morgan fingerprint density at radius 2 is 2.00 bits per heavy atom. The van der Waals surface area contributed by atoms with E-state index in [9.17, 15) is 4.79 Å². The van der Waals surface area contributed by atoms with Crippen molar-refractivity contribution in [1.82, 2.24) is 4.90 Å². The van der Waals surface area contributed by atoms with Crippen molar-refractivity contribution in [2.45, 2.75) is 26.2 Å². The molecule has 1 amide bonds. The molecular weight excluding hydrogens is 240 g/mol. The molecule has 4 heteroatoms. The van der Waals surface area contributed by atoms with E-state index in [4.69, 9.17) is 4.74 Å². The van der Waals surface area contributed by atoms with Crippen LogP contribution >= 0.6 is 0 Å². The molecular formula is C15H22N2O2. The Hall–Kier alpha value is -1.55. The normalized spacial score (nSPS) is 16.1. The average molecular weight is 262 g/mol. The van der Waals surface area contributed by atoms with E-state index >= 15 is 0 Å². The predicted molar refractivity (Wildman–Crippen MR) is 76.4 cm³/mol. The number of nitrogens with one attached hydrogen (secondary N) is 1. The molecule has 19 heavy (non-hydrogen) atoms. The van der Waals surface area contributed by atoms with E-state index in [1.54, 1.807) is 0 Å². The molecule has 1 saturated heterocycles. The quantitative estimate of drug-likeness (QED) is 0.906. The molecule has 0 spiro atoms. The van der Waals surface area contributed by atoms with E-state index < -0.39 is 0 Å². The predicted octanol–water partition coefficient (Wildman–Crippen LogP) is 3.03. The first-order valence-corrected chi connectivity index (χ1v) is 6.97. The van der Waals surface area contributed by atoms with E-state index in [0.717, 1.165) is 30.9 Å². The minimum absolute atomic E-state index is 0.369. The number of piperidine rings is 1. The van der Waals surface area contributed by atoms with E-state index in [1.165, 1.54) is 19.3 Å². The summed E-state index contributed by atoms with van der Waals surface area (Å²) in [7, 11) is 0. The van der Waals surface area contributed by atoms with Gasteiger partial charge in [0.25, 0.3) is 0 Å². The van der Waals surface area contributed by atoms with Crippen molar-refractivity contribution in [1.29, 1.82) is 0 Å². The van der Waals surface area contributed by atoms with Crippen molar-refractivity contribution in [3.63, 3.8) is 0 Å². The molecule has 4 nitrogen and oxygen atoms in total. The summed E-state index contributed by atoms with van der Waals surface area (Å²) < 4.78 is 5.21. The lowest BCUT2D eigenvalue weighted by Crippen LogP contribution is -2.33. The van der Waals surface area contributed by atoms with Gasteiger partial charge in [-0.05, 0) is 44.5 Å². The van der Waals surface area contributed by atoms with Crippen LogP contribution in [-0.4, -0.2) is 37.2 Å². The van der Waals surface area contributed by atoms with Crippen LogP contribution < -0.4 is 5.32 Å². The Morgan fingerprint density at radius 3 is 2.74 bits per heavy atom. The van der Waals surface area contributed by atoms with Gasteiger partial charge in [0.05, 0.1) is 0 Å². The van der Waals surface area contributed by atoms with Crippen LogP contribution in [-0.2, 0) is 4.74 Å². The number of rotatable bonds is 4. The fraction of sp³-hybridized carbons (Fsp3) is 0.533. The Bertz CT molecular complexity index is 414. The molecule has 1 N–H and O–H groups in total. The number of anilines is 1. The number of hydrogen-bond donors (Lipinski definition) is 1. The largest absolute Gasteiger partial charge is 0.448 e. The molecule has 0 bridgehead atoms. The van der Waals surface area contributed by atoms with Crippen molar-refractivity contribution in [3.8, 4) is 0 Å². The maximum Gasteiger partial charge on any atom is 0.411 e. The molecule has 0 aromatic heterocycles. The molecule has 1 aliphatic rings. The number of carbonyl (C=O) groups excluding carboxylic acids is 1. The summed E-state index contributed by atoms with van der Waals surface area (Å²) in [4.78, 5) is 14.0. The van der Waals surface area contributed by atoms with Gasteiger partial charge < -0.3 is 4.74 Å². The van der Waals surface area contributed by atoms with Gasteiger partial charge in [0.2, 0.25) is 0 Å². The lowest BCUT2D eigenvalue weighted by atomic mass is 10.1. The zero-order chi connectivity index (χ0) is 13.5. The van der Waals surface area contributed by atoms with E-state index in [2.05, 4.69) is 10.2 Å². The van der Waals surface area contributed by atoms with Crippen molar-refractivity contribution in [2.75, 3.05) is 31.6 Å². The second-order valence-electron chi connectivity index (χ2n) is 4.98. The van der Waals surface area contributed by atoms with E-state index in [-0.39, 0.29) is 6.09 Å². The van der Waals surface area contributed by atoms with Crippen LogP contribution in [0.25, 0.3) is 0 Å². The third-order valence-electron chi connectivity index (χ3n) is 3.47. The smallest absolute Gasteiger partial charge is 0.411 e. The van der Waals surface area contributed by atoms with E-state index in [1.807, 2.05) is 31.2 Å². The lowest BCUT2D eigenvalue weighted by Gasteiger charge is -2.25. The van der Waals surface area contributed by atoms with Crippen LogP contribution in [0.5, 0.6) is 0 Å². The number of para-hydroxylation sites is 1. The number of amides is 1. The monoisotopic (exact) mass is 262 g/mol. The molecule has 0 saturated carbocycles. The number of hydrogen-bond acceptors (Lipinski definition) is 3. The summed E-state index contributed by atoms with van der Waals surface area (Å²) in [6.45, 7) is 5.51. The number of benzene rings is 1. The third kappa shape index (κ3) is 4.56. The Labute approximate surface area is 114 Å². The number of ether oxygens (including phenoxy) is 1. The number of nitrogens with zero attached hydrogens (tertiary/aromatic N) is 1. The van der Waals surface area contributed by atoms with Crippen molar-refractivity contribution >= 4 is 11.8 Å². The van der Waals surface area contributed by atoms with Gasteiger partial charge in [-0.25, -0.2) is 4.79 Å². The average Bonchev–Trinajstić information content (AvgIpc) is 2.43. The van der Waals surface area contributed by atoms with Crippen LogP contribution in [0, 0.1) is 6.92 Å². The van der Waals surface area contributed by atoms with Gasteiger partial charge in [-0.1, -0.05) is 24.6 Å². The summed E-state index contributed by atoms with van der Waals surface area (Å²) in [6.07, 6.45) is 3.47. The van der Waals surface area contributed by atoms with Gasteiger partial charge >= 0.3 is 6.09 Å². The van der Waals surface area contributed by atoms with Crippen LogP contribution in [0.2, 0.25) is 0 Å². The van der Waals surface area contributed by atoms with Crippen LogP contribution in [0.1, 0.15) is 24.8 Å². The summed E-state index contributed by atoms with van der Waals surface area (Å²) in [5.74, 6) is 0. The molecule has 0 atom stereocenters. The summed E-state index contributed by atoms with van der Waals surface area (Å²) in [5, 5.41) is 2.77. The highest BCUT2D eigenvalue weighted by Gasteiger charge is 2.11. The van der Waals surface area contributed by atoms with Gasteiger partial charge in [0.15, 0.2) is 0 Å². The fourth-order valence-electron chi connectivity index (χ4n) is 2.31. The molecule has 1 aromatic carbocycles. The Kier molecular flexibility index (Phi) is 5.21. The zero-order valence-corrected chi connectivity index (χ0v) is 11.5. The van der Waals surface area contributed by atoms with Crippen molar-refractivity contribution < 1.29 is 9.53 Å². The van der Waals surface area contributed by atoms with Crippen LogP contribution in [0.4, 0.5) is 10.5 Å². The first kappa shape index (κ1) is 13.9. The number of likely N-dealkylation sites (tertiary alicyclic amines) is 1. The van der Waals surface area contributed by atoms with Gasteiger partial charge in [0, 0.05) is 12.2 Å². The first-order chi connectivity index (χ1) is 9.25. The second-order valence-corrected chi connectivity index (χ2v) is 4.98. The Balaban J connectivity index is 1.68. The highest BCUT2D eigenvalue weighted by atomic mass is 16.5. The van der Waals surface area contributed by atoms with Crippen molar-refractivity contribution in [2.24, 2.45) is 0 Å². The topological polar surface area (TPSA) is 41.6 Å². The summed E-state index contributed by atoms with van der Waals surface area (Å²) in [5.41, 5.74) is 1.85. The second kappa shape index (κ2) is 7.14. The maximum atomic E-state index is 11.7. The molecule has 0 unspecified atom stereocenters. The fourth-order valence-corrected chi connectivity index (χ4v) is 2.31. The molecule has 2 rings (SSSR count). The Morgan fingerprint density at radius 1 is 1.26 bits per heavy atom.